The topological polar surface area (TPSA) is 81.3 Å². The van der Waals surface area contributed by atoms with Crippen LogP contribution >= 0.6 is 0 Å². The van der Waals surface area contributed by atoms with Crippen LogP contribution in [0.2, 0.25) is 0 Å². The minimum absolute atomic E-state index is 0.421. The van der Waals surface area contributed by atoms with E-state index in [-0.39, 0.29) is 0 Å². The molecular formula is C37H46N4O3. The molecule has 1 aliphatic rings. The van der Waals surface area contributed by atoms with E-state index in [1.807, 2.05) is 36.0 Å². The van der Waals surface area contributed by atoms with Gasteiger partial charge in [-0.1, -0.05) is 81.3 Å². The van der Waals surface area contributed by atoms with Crippen molar-refractivity contribution < 1.29 is 14.6 Å². The monoisotopic (exact) mass is 594 g/mol. The molecule has 3 heterocycles. The highest BCUT2D eigenvalue weighted by atomic mass is 16.5. The number of rotatable bonds is 8. The second kappa shape index (κ2) is 14.6. The van der Waals surface area contributed by atoms with Crippen LogP contribution in [0.1, 0.15) is 73.4 Å². The number of carbonyl (C=O) groups is 1. The molecule has 1 aliphatic heterocycles. The Morgan fingerprint density at radius 3 is 2.45 bits per heavy atom. The number of ether oxygens (including phenoxy) is 1. The average Bonchev–Trinajstić information content (AvgIpc) is 3.49. The van der Waals surface area contributed by atoms with Crippen molar-refractivity contribution in [2.75, 3.05) is 19.7 Å². The Bertz CT molecular complexity index is 1730. The zero-order valence-electron chi connectivity index (χ0n) is 26.7. The summed E-state index contributed by atoms with van der Waals surface area (Å²) in [6, 6.07) is 20.6. The molecule has 7 nitrogen and oxygen atoms in total. The summed E-state index contributed by atoms with van der Waals surface area (Å²) in [6.07, 6.45) is 6.57. The van der Waals surface area contributed by atoms with Gasteiger partial charge in [0.15, 0.2) is 0 Å². The van der Waals surface area contributed by atoms with Gasteiger partial charge in [-0.15, -0.1) is 0 Å². The summed E-state index contributed by atoms with van der Waals surface area (Å²) in [6.45, 7) is 9.73. The van der Waals surface area contributed by atoms with E-state index >= 15 is 0 Å². The molecule has 0 aliphatic carbocycles. The maximum atomic E-state index is 12.8. The van der Waals surface area contributed by atoms with E-state index < -0.39 is 5.97 Å². The zero-order valence-corrected chi connectivity index (χ0v) is 26.7. The van der Waals surface area contributed by atoms with Gasteiger partial charge in [0.25, 0.3) is 0 Å². The third-order valence-electron chi connectivity index (χ3n) is 8.69. The molecule has 0 amide bonds. The number of carboxylic acids is 1. The van der Waals surface area contributed by atoms with E-state index in [9.17, 15) is 9.90 Å². The first-order valence-electron chi connectivity index (χ1n) is 16.2. The normalized spacial score (nSPS) is 13.2. The van der Waals surface area contributed by atoms with Gasteiger partial charge in [-0.05, 0) is 69.1 Å². The van der Waals surface area contributed by atoms with E-state index in [0.717, 1.165) is 107 Å². The van der Waals surface area contributed by atoms with Gasteiger partial charge in [0, 0.05) is 41.2 Å². The maximum absolute atomic E-state index is 12.8. The molecule has 0 bridgehead atoms. The number of hydrogen-bond donors (Lipinski definition) is 2. The molecular weight excluding hydrogens is 548 g/mol. The van der Waals surface area contributed by atoms with Crippen LogP contribution in [0.3, 0.4) is 0 Å². The van der Waals surface area contributed by atoms with Gasteiger partial charge in [0.05, 0.1) is 17.8 Å². The van der Waals surface area contributed by atoms with Crippen molar-refractivity contribution in [3.63, 3.8) is 0 Å². The Kier molecular flexibility index (Phi) is 10.4. The van der Waals surface area contributed by atoms with Crippen molar-refractivity contribution in [3.05, 3.63) is 83.3 Å². The molecule has 2 N–H and O–H groups in total. The molecule has 5 aromatic rings. The molecule has 2 aromatic heterocycles. The number of hydrogen-bond acceptors (Lipinski definition) is 4. The summed E-state index contributed by atoms with van der Waals surface area (Å²) in [5, 5.41) is 21.7. The van der Waals surface area contributed by atoms with Gasteiger partial charge in [-0.3, -0.25) is 4.68 Å². The van der Waals surface area contributed by atoms with Crippen molar-refractivity contribution in [1.82, 2.24) is 19.7 Å². The lowest BCUT2D eigenvalue weighted by molar-refractivity contribution is 0.0684. The highest BCUT2D eigenvalue weighted by molar-refractivity contribution is 6.04. The van der Waals surface area contributed by atoms with Gasteiger partial charge in [-0.25, -0.2) is 4.79 Å². The second-order valence-electron chi connectivity index (χ2n) is 11.6. The Balaban J connectivity index is 0.000000712. The third-order valence-corrected chi connectivity index (χ3v) is 8.69. The highest BCUT2D eigenvalue weighted by Gasteiger charge is 2.26. The number of aryl methyl sites for hydroxylation is 4. The smallest absolute Gasteiger partial charge is 0.352 e. The van der Waals surface area contributed by atoms with Crippen molar-refractivity contribution in [2.45, 2.75) is 72.3 Å². The summed E-state index contributed by atoms with van der Waals surface area (Å²) >= 11 is 0. The van der Waals surface area contributed by atoms with Crippen molar-refractivity contribution in [3.8, 4) is 16.9 Å². The van der Waals surface area contributed by atoms with Gasteiger partial charge in [0.1, 0.15) is 11.4 Å². The molecule has 0 unspecified atom stereocenters. The highest BCUT2D eigenvalue weighted by Crippen LogP contribution is 2.39. The fraction of sp³-hybridized carbons (Fsp3) is 0.405. The summed E-state index contributed by atoms with van der Waals surface area (Å²) in [4.78, 5) is 12.8. The van der Waals surface area contributed by atoms with Gasteiger partial charge < -0.3 is 19.7 Å². The van der Waals surface area contributed by atoms with Gasteiger partial charge in [-0.2, -0.15) is 5.10 Å². The largest absolute Gasteiger partial charge is 0.493 e. The van der Waals surface area contributed by atoms with E-state index in [1.165, 1.54) is 0 Å². The zero-order chi connectivity index (χ0) is 31.1. The Morgan fingerprint density at radius 1 is 0.955 bits per heavy atom. The predicted molar refractivity (Wildman–Crippen MR) is 180 cm³/mol. The average molecular weight is 595 g/mol. The van der Waals surface area contributed by atoms with Crippen LogP contribution in [-0.4, -0.2) is 45.1 Å². The summed E-state index contributed by atoms with van der Waals surface area (Å²) in [7, 11) is 2.00. The number of aromatic carboxylic acids is 1. The van der Waals surface area contributed by atoms with E-state index in [0.29, 0.717) is 25.3 Å². The van der Waals surface area contributed by atoms with Crippen LogP contribution in [0.25, 0.3) is 32.8 Å². The maximum Gasteiger partial charge on any atom is 0.352 e. The van der Waals surface area contributed by atoms with Gasteiger partial charge >= 0.3 is 5.97 Å². The molecule has 0 fully saturated rings. The molecule has 3 aromatic carbocycles. The molecule has 0 radical (unpaired) electrons. The lowest BCUT2D eigenvalue weighted by Crippen LogP contribution is -2.12. The molecule has 7 heteroatoms. The van der Waals surface area contributed by atoms with Crippen LogP contribution in [0, 0.1) is 6.92 Å². The van der Waals surface area contributed by atoms with E-state index in [2.05, 4.69) is 67.1 Å². The quantitative estimate of drug-likeness (QED) is 0.178. The molecule has 0 saturated carbocycles. The lowest BCUT2D eigenvalue weighted by atomic mass is 9.96. The minimum Gasteiger partial charge on any atom is -0.493 e. The summed E-state index contributed by atoms with van der Waals surface area (Å²) in [5.74, 6) is 0.00503. The first kappa shape index (κ1) is 31.3. The van der Waals surface area contributed by atoms with Crippen molar-refractivity contribution >= 4 is 27.6 Å². The fourth-order valence-corrected chi connectivity index (χ4v) is 6.52. The third kappa shape index (κ3) is 6.53. The lowest BCUT2D eigenvalue weighted by Gasteiger charge is -2.12. The Morgan fingerprint density at radius 2 is 1.68 bits per heavy atom. The summed E-state index contributed by atoms with van der Waals surface area (Å²) < 4.78 is 10.3. The van der Waals surface area contributed by atoms with Gasteiger partial charge in [0.2, 0.25) is 0 Å². The number of benzene rings is 3. The van der Waals surface area contributed by atoms with Crippen LogP contribution in [0.15, 0.2) is 60.7 Å². The summed E-state index contributed by atoms with van der Waals surface area (Å²) in [5.41, 5.74) is 6.83. The molecule has 0 atom stereocenters. The number of fused-ring (bicyclic) bond motifs is 3. The second-order valence-corrected chi connectivity index (χ2v) is 11.6. The number of aromatic nitrogens is 3. The number of nitrogens with zero attached hydrogens (tertiary/aromatic N) is 3. The minimum atomic E-state index is -0.861. The first-order chi connectivity index (χ1) is 21.5. The van der Waals surface area contributed by atoms with Crippen LogP contribution < -0.4 is 10.1 Å². The SMILES string of the molecule is CCNCC.Cc1c2c(nn1C)CCCCCCn1c(C(=O)O)c(CCCOc3cccc4ccccc34)c3cccc-2c31. The van der Waals surface area contributed by atoms with Crippen LogP contribution in [-0.2, 0) is 26.4 Å². The fourth-order valence-electron chi connectivity index (χ4n) is 6.52. The molecule has 6 rings (SSSR count). The van der Waals surface area contributed by atoms with Crippen LogP contribution in [0.5, 0.6) is 5.75 Å². The van der Waals surface area contributed by atoms with E-state index in [4.69, 9.17) is 9.84 Å². The standard InChI is InChI=1S/C33H35N3O3.C4H11N/c1-22-30-27-16-10-15-25-26(17-11-21-39-29-19-9-13-23-12-6-7-14-24(23)29)32(33(37)38)36(31(25)27)20-8-4-3-5-18-28(30)34-35(22)2;1-3-5-4-2/h6-7,9-10,12-16,19H,3-5,8,11,17-18,20-21H2,1-2H3,(H,37,38);5H,3-4H2,1-2H3. The first-order valence-corrected chi connectivity index (χ1v) is 16.2. The molecule has 0 spiro atoms. The predicted octanol–water partition coefficient (Wildman–Crippen LogP) is 7.95. The molecule has 44 heavy (non-hydrogen) atoms. The van der Waals surface area contributed by atoms with Crippen LogP contribution in [0.4, 0.5) is 0 Å². The van der Waals surface area contributed by atoms with E-state index in [1.54, 1.807) is 0 Å². The molecule has 0 saturated heterocycles. The Labute approximate surface area is 260 Å². The number of para-hydroxylation sites is 1. The van der Waals surface area contributed by atoms with Crippen molar-refractivity contribution in [1.29, 1.82) is 0 Å². The Hall–Kier alpha value is -4.10. The number of carboxylic acid groups (broad SMARTS) is 1. The van der Waals surface area contributed by atoms with Crippen molar-refractivity contribution in [2.24, 2.45) is 7.05 Å². The number of nitrogens with one attached hydrogen (secondary N) is 1. The molecule has 232 valence electrons.